The van der Waals surface area contributed by atoms with Gasteiger partial charge in [-0.05, 0) is 24.3 Å². The number of aromatic nitrogens is 2. The van der Waals surface area contributed by atoms with Gasteiger partial charge in [0, 0.05) is 16.5 Å². The summed E-state index contributed by atoms with van der Waals surface area (Å²) in [4.78, 5) is 28.2. The molecule has 0 radical (unpaired) electrons. The van der Waals surface area contributed by atoms with Gasteiger partial charge in [0.15, 0.2) is 0 Å². The van der Waals surface area contributed by atoms with E-state index in [1.165, 1.54) is 17.6 Å². The Kier molecular flexibility index (Phi) is 4.08. The van der Waals surface area contributed by atoms with Gasteiger partial charge in [0.05, 0.1) is 16.9 Å². The van der Waals surface area contributed by atoms with Gasteiger partial charge in [-0.25, -0.2) is 15.0 Å². The summed E-state index contributed by atoms with van der Waals surface area (Å²) in [5.74, 6) is -0.335. The van der Waals surface area contributed by atoms with Gasteiger partial charge in [0.1, 0.15) is 18.7 Å². The van der Waals surface area contributed by atoms with Crippen molar-refractivity contribution in [2.24, 2.45) is 4.99 Å². The quantitative estimate of drug-likeness (QED) is 0.514. The number of carbonyl (C=O) groups is 1. The molecule has 0 saturated heterocycles. The number of benzene rings is 3. The lowest BCUT2D eigenvalue weighted by Gasteiger charge is -2.39. The molecule has 1 amide bonds. The lowest BCUT2D eigenvalue weighted by Crippen LogP contribution is -2.51. The maximum Gasteiger partial charge on any atom is 0.260 e. The second-order valence-corrected chi connectivity index (χ2v) is 6.86. The molecule has 1 unspecified atom stereocenters. The molecule has 142 valence electrons. The molecule has 1 aliphatic rings. The van der Waals surface area contributed by atoms with E-state index in [1.807, 2.05) is 54.6 Å². The number of para-hydroxylation sites is 2. The molecule has 6 nitrogen and oxygen atoms in total. The predicted molar refractivity (Wildman–Crippen MR) is 113 cm³/mol. The molecule has 0 N–H and O–H groups in total. The lowest BCUT2D eigenvalue weighted by molar-refractivity contribution is 0.0781. The Morgan fingerprint density at radius 3 is 2.47 bits per heavy atom. The van der Waals surface area contributed by atoms with Crippen LogP contribution in [0.3, 0.4) is 0 Å². The average Bonchev–Trinajstić information content (AvgIpc) is 2.83. The molecule has 1 aliphatic heterocycles. The van der Waals surface area contributed by atoms with Crippen molar-refractivity contribution in [2.45, 2.75) is 5.54 Å². The number of rotatable bonds is 2. The van der Waals surface area contributed by atoms with Gasteiger partial charge >= 0.3 is 0 Å². The second-order valence-electron chi connectivity index (χ2n) is 6.86. The fourth-order valence-electron chi connectivity index (χ4n) is 3.85. The van der Waals surface area contributed by atoms with E-state index in [9.17, 15) is 10.1 Å². The third-order valence-corrected chi connectivity index (χ3v) is 5.25. The largest absolute Gasteiger partial charge is 0.269 e. The third kappa shape index (κ3) is 2.50. The van der Waals surface area contributed by atoms with Crippen molar-refractivity contribution in [3.05, 3.63) is 102 Å². The highest BCUT2D eigenvalue weighted by molar-refractivity contribution is 6.04. The molecule has 0 fully saturated rings. The summed E-state index contributed by atoms with van der Waals surface area (Å²) >= 11 is 0. The molecular formula is C24H15N5O. The van der Waals surface area contributed by atoms with Crippen LogP contribution in [0.2, 0.25) is 0 Å². The molecule has 4 aromatic rings. The third-order valence-electron chi connectivity index (χ3n) is 5.25. The number of fused-ring (bicyclic) bond motifs is 2. The number of hydrogen-bond donors (Lipinski definition) is 0. The van der Waals surface area contributed by atoms with Crippen molar-refractivity contribution in [2.75, 3.05) is 0 Å². The van der Waals surface area contributed by atoms with Crippen molar-refractivity contribution >= 4 is 28.8 Å². The summed E-state index contributed by atoms with van der Waals surface area (Å²) in [7, 11) is 0. The number of carbonyl (C=O) groups excluding carboxylic acids is 1. The highest BCUT2D eigenvalue weighted by Gasteiger charge is 2.49. The fourth-order valence-corrected chi connectivity index (χ4v) is 3.85. The summed E-state index contributed by atoms with van der Waals surface area (Å²) in [6.45, 7) is 0. The van der Waals surface area contributed by atoms with Crippen LogP contribution < -0.4 is 0 Å². The number of nitrogens with zero attached hydrogens (tertiary/aromatic N) is 5. The summed E-state index contributed by atoms with van der Waals surface area (Å²) in [6, 6.07) is 26.1. The Hall–Kier alpha value is -4.37. The topological polar surface area (TPSA) is 82.2 Å². The number of amides is 1. The van der Waals surface area contributed by atoms with Crippen molar-refractivity contribution < 1.29 is 4.79 Å². The first-order chi connectivity index (χ1) is 14.8. The van der Waals surface area contributed by atoms with Gasteiger partial charge in [-0.2, -0.15) is 5.26 Å². The number of aliphatic imine (C=N–C) groups is 1. The molecule has 3 aromatic carbocycles. The highest BCUT2D eigenvalue weighted by Crippen LogP contribution is 2.44. The van der Waals surface area contributed by atoms with Crippen LogP contribution in [0.5, 0.6) is 0 Å². The normalized spacial score (nSPS) is 17.4. The van der Waals surface area contributed by atoms with E-state index in [4.69, 9.17) is 0 Å². The number of nitriles is 1. The predicted octanol–water partition coefficient (Wildman–Crippen LogP) is 4.21. The van der Waals surface area contributed by atoms with Crippen molar-refractivity contribution in [3.63, 3.8) is 0 Å². The van der Waals surface area contributed by atoms with E-state index in [0.717, 1.165) is 0 Å². The standard InChI is InChI=1S/C24H15N5O/c25-14-24(22-18-10-4-6-12-20(18)26-15-27-22)19-11-5-7-13-21(19)28-16-29(24)23(30)17-8-2-1-3-9-17/h1-13,15-16H. The highest BCUT2D eigenvalue weighted by atomic mass is 16.2. The fraction of sp³-hybridized carbons (Fsp3) is 0.0417. The van der Waals surface area contributed by atoms with Crippen LogP contribution in [0.1, 0.15) is 21.6 Å². The van der Waals surface area contributed by atoms with Crippen molar-refractivity contribution in [3.8, 4) is 6.07 Å². The number of hydrogen-bond acceptors (Lipinski definition) is 5. The van der Waals surface area contributed by atoms with E-state index in [1.54, 1.807) is 24.3 Å². The van der Waals surface area contributed by atoms with Gasteiger partial charge in [-0.15, -0.1) is 0 Å². The Bertz CT molecular complexity index is 1340. The summed E-state index contributed by atoms with van der Waals surface area (Å²) in [5.41, 5.74) is 1.33. The molecule has 0 saturated carbocycles. The van der Waals surface area contributed by atoms with Crippen LogP contribution in [0, 0.1) is 11.3 Å². The minimum atomic E-state index is -1.49. The van der Waals surface area contributed by atoms with Gasteiger partial charge in [0.25, 0.3) is 5.91 Å². The van der Waals surface area contributed by atoms with Gasteiger partial charge in [-0.1, -0.05) is 54.6 Å². The van der Waals surface area contributed by atoms with Crippen LogP contribution in [-0.4, -0.2) is 27.1 Å². The van der Waals surface area contributed by atoms with Gasteiger partial charge in [-0.3, -0.25) is 9.69 Å². The maximum absolute atomic E-state index is 13.5. The molecule has 0 aliphatic carbocycles. The molecule has 5 rings (SSSR count). The average molecular weight is 389 g/mol. The molecular weight excluding hydrogens is 374 g/mol. The Labute approximate surface area is 172 Å². The zero-order chi connectivity index (χ0) is 20.6. The van der Waals surface area contributed by atoms with E-state index in [2.05, 4.69) is 21.0 Å². The first-order valence-corrected chi connectivity index (χ1v) is 9.39. The molecule has 1 aromatic heterocycles. The van der Waals surface area contributed by atoms with E-state index < -0.39 is 5.54 Å². The minimum Gasteiger partial charge on any atom is -0.269 e. The monoisotopic (exact) mass is 389 g/mol. The summed E-state index contributed by atoms with van der Waals surface area (Å²) in [6.07, 6.45) is 2.86. The van der Waals surface area contributed by atoms with Crippen LogP contribution in [-0.2, 0) is 5.54 Å². The summed E-state index contributed by atoms with van der Waals surface area (Å²) < 4.78 is 0. The first kappa shape index (κ1) is 17.7. The smallest absolute Gasteiger partial charge is 0.260 e. The van der Waals surface area contributed by atoms with Crippen LogP contribution in [0.15, 0.2) is 90.2 Å². The van der Waals surface area contributed by atoms with E-state index in [0.29, 0.717) is 33.4 Å². The maximum atomic E-state index is 13.5. The van der Waals surface area contributed by atoms with E-state index in [-0.39, 0.29) is 5.91 Å². The van der Waals surface area contributed by atoms with Crippen molar-refractivity contribution in [1.29, 1.82) is 5.26 Å². The lowest BCUT2D eigenvalue weighted by atomic mass is 9.82. The molecule has 0 spiro atoms. The summed E-state index contributed by atoms with van der Waals surface area (Å²) in [5, 5.41) is 11.3. The van der Waals surface area contributed by atoms with Crippen LogP contribution in [0.25, 0.3) is 10.9 Å². The minimum absolute atomic E-state index is 0.335. The van der Waals surface area contributed by atoms with Gasteiger partial charge in [0.2, 0.25) is 5.54 Å². The second kappa shape index (κ2) is 6.90. The molecule has 0 bridgehead atoms. The Balaban J connectivity index is 1.84. The molecule has 1 atom stereocenters. The zero-order valence-corrected chi connectivity index (χ0v) is 15.8. The zero-order valence-electron chi connectivity index (χ0n) is 15.8. The van der Waals surface area contributed by atoms with Crippen LogP contribution >= 0.6 is 0 Å². The Morgan fingerprint density at radius 2 is 1.63 bits per heavy atom. The van der Waals surface area contributed by atoms with Gasteiger partial charge < -0.3 is 0 Å². The Morgan fingerprint density at radius 1 is 0.900 bits per heavy atom. The van der Waals surface area contributed by atoms with Crippen molar-refractivity contribution in [1.82, 2.24) is 14.9 Å². The molecule has 2 heterocycles. The first-order valence-electron chi connectivity index (χ1n) is 9.39. The molecule has 30 heavy (non-hydrogen) atoms. The van der Waals surface area contributed by atoms with Crippen LogP contribution in [0.4, 0.5) is 5.69 Å². The SMILES string of the molecule is N#CC1(c2ncnc3ccccc23)c2ccccc2N=CN1C(=O)c1ccccc1. The molecule has 6 heteroatoms. The van der Waals surface area contributed by atoms with E-state index >= 15 is 0 Å².